The van der Waals surface area contributed by atoms with E-state index < -0.39 is 0 Å². The number of carbonyl (C=O) groups is 1. The number of ether oxygens (including phenoxy) is 4. The predicted octanol–water partition coefficient (Wildman–Crippen LogP) is 5.69. The molecular weight excluding hydrogens is 506 g/mol. The van der Waals surface area contributed by atoms with E-state index in [1.807, 2.05) is 18.2 Å². The lowest BCUT2D eigenvalue weighted by molar-refractivity contribution is -0.141. The van der Waals surface area contributed by atoms with E-state index in [0.717, 1.165) is 17.0 Å². The molecule has 7 rings (SSSR count). The van der Waals surface area contributed by atoms with Gasteiger partial charge in [-0.25, -0.2) is 0 Å². The third kappa shape index (κ3) is 5.90. The maximum Gasteiger partial charge on any atom is 0.309 e. The zero-order valence-corrected chi connectivity index (χ0v) is 24.6. The summed E-state index contributed by atoms with van der Waals surface area (Å²) in [5.41, 5.74) is 9.90. The summed E-state index contributed by atoms with van der Waals surface area (Å²) in [6, 6.07) is 10.9. The molecule has 0 amide bonds. The Bertz CT molecular complexity index is 1190. The highest BCUT2D eigenvalue weighted by atomic mass is 16.5. The normalized spacial score (nSPS) is 33.6. The van der Waals surface area contributed by atoms with Crippen molar-refractivity contribution in [2.24, 2.45) is 34.3 Å². The Morgan fingerprint density at radius 2 is 1.45 bits per heavy atom. The second kappa shape index (κ2) is 10.8. The minimum Gasteiger partial charge on any atom is -0.504 e. The number of phenolic OH excluding ortho intramolecular Hbond substituents is 1. The maximum absolute atomic E-state index is 12.3. The average molecular weight is 552 g/mol. The van der Waals surface area contributed by atoms with E-state index in [1.54, 1.807) is 32.4 Å². The zero-order chi connectivity index (χ0) is 28.7. The van der Waals surface area contributed by atoms with E-state index in [0.29, 0.717) is 47.5 Å². The number of benzene rings is 2. The first kappa shape index (κ1) is 28.6. The summed E-state index contributed by atoms with van der Waals surface area (Å²) in [6.45, 7) is 5.34. The van der Waals surface area contributed by atoms with Gasteiger partial charge in [-0.05, 0) is 104 Å². The van der Waals surface area contributed by atoms with Gasteiger partial charge in [-0.1, -0.05) is 26.0 Å². The molecule has 5 aliphatic rings. The van der Waals surface area contributed by atoms with Gasteiger partial charge in [0.2, 0.25) is 0 Å². The van der Waals surface area contributed by atoms with Gasteiger partial charge < -0.3 is 29.8 Å². The Balaban J connectivity index is 0.000000204. The van der Waals surface area contributed by atoms with Crippen LogP contribution in [0.1, 0.15) is 63.5 Å². The number of cyclic esters (lactones) is 1. The molecular formula is C33H45NO6. The van der Waals surface area contributed by atoms with Crippen LogP contribution in [0.3, 0.4) is 0 Å². The molecule has 7 nitrogen and oxygen atoms in total. The van der Waals surface area contributed by atoms with Crippen LogP contribution >= 0.6 is 0 Å². The van der Waals surface area contributed by atoms with Crippen LogP contribution in [-0.2, 0) is 22.4 Å². The number of hydrogen-bond donors (Lipinski definition) is 2. The van der Waals surface area contributed by atoms with E-state index in [1.165, 1.54) is 45.6 Å². The zero-order valence-electron chi connectivity index (χ0n) is 24.6. The molecule has 2 aromatic carbocycles. The summed E-state index contributed by atoms with van der Waals surface area (Å²) in [6.07, 6.45) is 9.51. The highest BCUT2D eigenvalue weighted by molar-refractivity contribution is 5.75. The van der Waals surface area contributed by atoms with Gasteiger partial charge in [0, 0.05) is 11.5 Å². The van der Waals surface area contributed by atoms with Gasteiger partial charge in [0.25, 0.3) is 0 Å². The van der Waals surface area contributed by atoms with Gasteiger partial charge in [-0.2, -0.15) is 0 Å². The van der Waals surface area contributed by atoms with Crippen LogP contribution in [0.4, 0.5) is 0 Å². The highest BCUT2D eigenvalue weighted by Crippen LogP contribution is 2.65. The van der Waals surface area contributed by atoms with Crippen LogP contribution in [-0.4, -0.2) is 44.6 Å². The Morgan fingerprint density at radius 1 is 0.850 bits per heavy atom. The first-order valence-corrected chi connectivity index (χ1v) is 14.5. The molecule has 4 atom stereocenters. The smallest absolute Gasteiger partial charge is 0.309 e. The second-order valence-corrected chi connectivity index (χ2v) is 13.6. The fourth-order valence-electron chi connectivity index (χ4n) is 9.01. The van der Waals surface area contributed by atoms with Crippen molar-refractivity contribution in [2.45, 2.75) is 70.8 Å². The number of phenols is 1. The molecule has 1 heterocycles. The summed E-state index contributed by atoms with van der Waals surface area (Å²) in [5.74, 6) is 2.41. The third-order valence-electron chi connectivity index (χ3n) is 9.63. The molecule has 0 spiro atoms. The molecule has 1 saturated heterocycles. The van der Waals surface area contributed by atoms with Gasteiger partial charge in [0.15, 0.2) is 23.0 Å². The lowest BCUT2D eigenvalue weighted by Gasteiger charge is -2.64. The summed E-state index contributed by atoms with van der Waals surface area (Å²) < 4.78 is 21.1. The van der Waals surface area contributed by atoms with Crippen LogP contribution in [0.25, 0.3) is 0 Å². The summed E-state index contributed by atoms with van der Waals surface area (Å²) >= 11 is 0. The topological polar surface area (TPSA) is 100 Å². The highest BCUT2D eigenvalue weighted by Gasteiger charge is 2.58. The summed E-state index contributed by atoms with van der Waals surface area (Å²) in [5, 5.41) is 9.75. The van der Waals surface area contributed by atoms with E-state index in [-0.39, 0.29) is 29.1 Å². The molecule has 2 aromatic rings. The van der Waals surface area contributed by atoms with Crippen molar-refractivity contribution in [2.75, 3.05) is 27.9 Å². The van der Waals surface area contributed by atoms with Crippen LogP contribution in [0.2, 0.25) is 0 Å². The van der Waals surface area contributed by atoms with E-state index in [9.17, 15) is 9.90 Å². The molecule has 4 saturated carbocycles. The molecule has 5 fully saturated rings. The monoisotopic (exact) mass is 551 g/mol. The first-order valence-electron chi connectivity index (χ1n) is 14.5. The number of nitrogens with two attached hydrogens (primary N) is 1. The molecule has 218 valence electrons. The van der Waals surface area contributed by atoms with E-state index in [4.69, 9.17) is 24.7 Å². The second-order valence-electron chi connectivity index (χ2n) is 13.6. The number of hydrogen-bond acceptors (Lipinski definition) is 7. The molecule has 40 heavy (non-hydrogen) atoms. The number of carbonyl (C=O) groups excluding carboxylic acids is 1. The van der Waals surface area contributed by atoms with Crippen molar-refractivity contribution in [3.05, 3.63) is 47.5 Å². The van der Waals surface area contributed by atoms with Crippen molar-refractivity contribution in [1.82, 2.24) is 0 Å². The van der Waals surface area contributed by atoms with Gasteiger partial charge in [-0.15, -0.1) is 0 Å². The average Bonchev–Trinajstić information content (AvgIpc) is 3.21. The van der Waals surface area contributed by atoms with Gasteiger partial charge in [0.1, 0.15) is 0 Å². The molecule has 2 unspecified atom stereocenters. The molecule has 0 aromatic heterocycles. The first-order chi connectivity index (χ1) is 19.0. The minimum absolute atomic E-state index is 0.0652. The Kier molecular flexibility index (Phi) is 7.73. The SMILES string of the molecule is CC12CC3CC(C)(C1)CC(N)(C3)C2.COc1cc(C[C@H]2C(=O)OC[C@@H]2Cc2ccc(OC)c(OC)c2)ccc1O. The van der Waals surface area contributed by atoms with Gasteiger partial charge in [-0.3, -0.25) is 4.79 Å². The van der Waals surface area contributed by atoms with Crippen molar-refractivity contribution >= 4 is 5.97 Å². The van der Waals surface area contributed by atoms with Gasteiger partial charge >= 0.3 is 5.97 Å². The van der Waals surface area contributed by atoms with Crippen LogP contribution in [0, 0.1) is 28.6 Å². The standard InChI is InChI=1S/C21H24O6.C12H21N/c1-24-18-7-5-13(11-20(18)26-3)8-15-12-27-21(23)16(15)9-14-4-6-17(22)19(10-14)25-2;1-10-3-9-4-11(2,6-10)8-12(13,5-9)7-10/h4-7,10-11,15-16,22H,8-9,12H2,1-3H3;9H,3-8,13H2,1-2H3/t15-,16+;/m0./s1. The Morgan fingerprint density at radius 3 is 2.05 bits per heavy atom. The maximum atomic E-state index is 12.3. The quantitative estimate of drug-likeness (QED) is 0.427. The summed E-state index contributed by atoms with van der Waals surface area (Å²) in [4.78, 5) is 12.3. The molecule has 0 radical (unpaired) electrons. The Hall–Kier alpha value is -2.93. The van der Waals surface area contributed by atoms with E-state index in [2.05, 4.69) is 13.8 Å². The summed E-state index contributed by atoms with van der Waals surface area (Å²) in [7, 11) is 4.70. The number of methoxy groups -OCH3 is 3. The predicted molar refractivity (Wildman–Crippen MR) is 154 cm³/mol. The van der Waals surface area contributed by atoms with Crippen LogP contribution in [0.5, 0.6) is 23.0 Å². The van der Waals surface area contributed by atoms with Crippen molar-refractivity contribution in [3.63, 3.8) is 0 Å². The van der Waals surface area contributed by atoms with Crippen LogP contribution in [0.15, 0.2) is 36.4 Å². The lowest BCUT2D eigenvalue weighted by atomic mass is 9.43. The van der Waals surface area contributed by atoms with Crippen molar-refractivity contribution < 1.29 is 28.8 Å². The molecule has 4 aliphatic carbocycles. The van der Waals surface area contributed by atoms with E-state index >= 15 is 0 Å². The van der Waals surface area contributed by atoms with Crippen molar-refractivity contribution in [1.29, 1.82) is 0 Å². The third-order valence-corrected chi connectivity index (χ3v) is 9.63. The largest absolute Gasteiger partial charge is 0.504 e. The molecule has 1 aliphatic heterocycles. The molecule has 7 heteroatoms. The number of aromatic hydroxyl groups is 1. The lowest BCUT2D eigenvalue weighted by Crippen LogP contribution is -2.62. The van der Waals surface area contributed by atoms with Crippen LogP contribution < -0.4 is 19.9 Å². The number of rotatable bonds is 7. The van der Waals surface area contributed by atoms with Gasteiger partial charge in [0.05, 0.1) is 33.9 Å². The minimum atomic E-state index is -0.243. The number of esters is 1. The molecule has 3 N–H and O–H groups in total. The fourth-order valence-corrected chi connectivity index (χ4v) is 9.01. The Labute approximate surface area is 238 Å². The fraction of sp³-hybridized carbons (Fsp3) is 0.606. The molecule has 4 bridgehead atoms. The van der Waals surface area contributed by atoms with Crippen molar-refractivity contribution in [3.8, 4) is 23.0 Å².